The van der Waals surface area contributed by atoms with Gasteiger partial charge in [-0.3, -0.25) is 9.69 Å². The van der Waals surface area contributed by atoms with E-state index in [-0.39, 0.29) is 12.5 Å². The summed E-state index contributed by atoms with van der Waals surface area (Å²) in [5.41, 5.74) is 0. The van der Waals surface area contributed by atoms with Crippen LogP contribution in [0.25, 0.3) is 0 Å². The molecular weight excluding hydrogens is 208 g/mol. The van der Waals surface area contributed by atoms with Crippen molar-refractivity contribution in [1.29, 1.82) is 0 Å². The van der Waals surface area contributed by atoms with Crippen LogP contribution in [0.1, 0.15) is 10.6 Å². The van der Waals surface area contributed by atoms with Crippen molar-refractivity contribution in [2.75, 3.05) is 39.3 Å². The van der Waals surface area contributed by atoms with Gasteiger partial charge in [-0.25, -0.2) is 4.98 Å². The Morgan fingerprint density at radius 2 is 2.19 bits per heavy atom. The number of nitrogens with zero attached hydrogens (tertiary/aromatic N) is 3. The van der Waals surface area contributed by atoms with Crippen molar-refractivity contribution in [2.24, 2.45) is 0 Å². The number of rotatable bonds is 3. The minimum atomic E-state index is -0.0475. The van der Waals surface area contributed by atoms with Crippen molar-refractivity contribution in [3.8, 4) is 0 Å². The number of imidazole rings is 1. The molecule has 1 aromatic heterocycles. The molecule has 1 aliphatic heterocycles. The van der Waals surface area contributed by atoms with Crippen LogP contribution in [0.4, 0.5) is 0 Å². The Kier molecular flexibility index (Phi) is 3.53. The highest BCUT2D eigenvalue weighted by molar-refractivity contribution is 5.90. The molecule has 0 aromatic carbocycles. The largest absolute Gasteiger partial charge is 0.395 e. The fourth-order valence-electron chi connectivity index (χ4n) is 1.85. The van der Waals surface area contributed by atoms with E-state index in [9.17, 15) is 4.79 Å². The van der Waals surface area contributed by atoms with Crippen molar-refractivity contribution >= 4 is 5.91 Å². The highest BCUT2D eigenvalue weighted by Gasteiger charge is 2.22. The summed E-state index contributed by atoms with van der Waals surface area (Å²) in [6, 6.07) is 0. The maximum atomic E-state index is 11.9. The van der Waals surface area contributed by atoms with E-state index in [2.05, 4.69) is 14.9 Å². The lowest BCUT2D eigenvalue weighted by Crippen LogP contribution is -2.49. The SMILES string of the molecule is O=C(c1ncc[nH]1)N1CCN(CCO)CC1. The number of aromatic nitrogens is 2. The maximum Gasteiger partial charge on any atom is 0.289 e. The molecule has 0 atom stereocenters. The second kappa shape index (κ2) is 5.09. The number of aliphatic hydroxyl groups is 1. The quantitative estimate of drug-likeness (QED) is 0.702. The van der Waals surface area contributed by atoms with E-state index in [0.717, 1.165) is 13.1 Å². The predicted octanol–water partition coefficient (Wildman–Crippen LogP) is -0.840. The van der Waals surface area contributed by atoms with E-state index < -0.39 is 0 Å². The molecule has 6 nitrogen and oxygen atoms in total. The normalized spacial score (nSPS) is 17.7. The van der Waals surface area contributed by atoms with Gasteiger partial charge >= 0.3 is 0 Å². The Morgan fingerprint density at radius 3 is 2.75 bits per heavy atom. The van der Waals surface area contributed by atoms with Crippen LogP contribution in [0.15, 0.2) is 12.4 Å². The molecule has 1 aliphatic rings. The van der Waals surface area contributed by atoms with Gasteiger partial charge in [0.15, 0.2) is 5.82 Å². The highest BCUT2D eigenvalue weighted by Crippen LogP contribution is 2.05. The number of carbonyl (C=O) groups is 1. The summed E-state index contributed by atoms with van der Waals surface area (Å²) in [6.07, 6.45) is 3.23. The van der Waals surface area contributed by atoms with Crippen LogP contribution in [-0.2, 0) is 0 Å². The first-order valence-electron chi connectivity index (χ1n) is 5.43. The molecule has 2 heterocycles. The summed E-state index contributed by atoms with van der Waals surface area (Å²) in [6.45, 7) is 3.87. The number of β-amino-alcohol motifs (C(OH)–C–C–N with tert-alkyl or cyclic N) is 1. The molecule has 0 bridgehead atoms. The first-order valence-corrected chi connectivity index (χ1v) is 5.43. The smallest absolute Gasteiger partial charge is 0.289 e. The molecule has 0 aliphatic carbocycles. The Labute approximate surface area is 93.9 Å². The third-order valence-corrected chi connectivity index (χ3v) is 2.78. The van der Waals surface area contributed by atoms with E-state index in [4.69, 9.17) is 5.11 Å². The molecule has 6 heteroatoms. The van der Waals surface area contributed by atoms with Crippen molar-refractivity contribution in [2.45, 2.75) is 0 Å². The molecule has 1 amide bonds. The second-order valence-corrected chi connectivity index (χ2v) is 3.80. The van der Waals surface area contributed by atoms with Gasteiger partial charge in [-0.05, 0) is 0 Å². The van der Waals surface area contributed by atoms with E-state index in [1.807, 2.05) is 0 Å². The lowest BCUT2D eigenvalue weighted by molar-refractivity contribution is 0.0604. The van der Waals surface area contributed by atoms with Crippen LogP contribution in [0, 0.1) is 0 Å². The molecular formula is C10H16N4O2. The Bertz CT molecular complexity index is 331. The van der Waals surface area contributed by atoms with E-state index in [0.29, 0.717) is 25.5 Å². The lowest BCUT2D eigenvalue weighted by Gasteiger charge is -2.33. The molecule has 1 saturated heterocycles. The molecule has 1 fully saturated rings. The van der Waals surface area contributed by atoms with E-state index in [1.54, 1.807) is 17.3 Å². The van der Waals surface area contributed by atoms with E-state index in [1.165, 1.54) is 0 Å². The molecule has 0 spiro atoms. The van der Waals surface area contributed by atoms with Gasteiger partial charge in [0.1, 0.15) is 0 Å². The number of piperazine rings is 1. The van der Waals surface area contributed by atoms with Gasteiger partial charge < -0.3 is 15.0 Å². The van der Waals surface area contributed by atoms with Crippen molar-refractivity contribution in [3.05, 3.63) is 18.2 Å². The topological polar surface area (TPSA) is 72.5 Å². The van der Waals surface area contributed by atoms with Crippen LogP contribution in [-0.4, -0.2) is 70.1 Å². The van der Waals surface area contributed by atoms with Crippen molar-refractivity contribution in [3.63, 3.8) is 0 Å². The molecule has 0 radical (unpaired) electrons. The Hall–Kier alpha value is -1.40. The maximum absolute atomic E-state index is 11.9. The molecule has 88 valence electrons. The summed E-state index contributed by atoms with van der Waals surface area (Å²) in [5.74, 6) is 0.351. The molecule has 0 saturated carbocycles. The molecule has 2 N–H and O–H groups in total. The van der Waals surface area contributed by atoms with Gasteiger partial charge in [-0.1, -0.05) is 0 Å². The average molecular weight is 224 g/mol. The predicted molar refractivity (Wildman–Crippen MR) is 58.0 cm³/mol. The summed E-state index contributed by atoms with van der Waals surface area (Å²) in [5, 5.41) is 8.81. The van der Waals surface area contributed by atoms with Gasteiger partial charge in [0, 0.05) is 45.1 Å². The zero-order valence-electron chi connectivity index (χ0n) is 9.09. The molecule has 16 heavy (non-hydrogen) atoms. The molecule has 2 rings (SSSR count). The number of amides is 1. The van der Waals surface area contributed by atoms with Crippen LogP contribution >= 0.6 is 0 Å². The summed E-state index contributed by atoms with van der Waals surface area (Å²) in [7, 11) is 0. The third kappa shape index (κ3) is 2.40. The van der Waals surface area contributed by atoms with Crippen LogP contribution in [0.5, 0.6) is 0 Å². The molecule has 0 unspecified atom stereocenters. The average Bonchev–Trinajstić information content (AvgIpc) is 2.83. The Balaban J connectivity index is 1.87. The first-order chi connectivity index (χ1) is 7.81. The minimum Gasteiger partial charge on any atom is -0.395 e. The van der Waals surface area contributed by atoms with Crippen molar-refractivity contribution in [1.82, 2.24) is 19.8 Å². The number of hydrogen-bond donors (Lipinski definition) is 2. The van der Waals surface area contributed by atoms with Gasteiger partial charge in [0.05, 0.1) is 6.61 Å². The highest BCUT2D eigenvalue weighted by atomic mass is 16.3. The van der Waals surface area contributed by atoms with Gasteiger partial charge in [-0.2, -0.15) is 0 Å². The summed E-state index contributed by atoms with van der Waals surface area (Å²) < 4.78 is 0. The number of hydrogen-bond acceptors (Lipinski definition) is 4. The summed E-state index contributed by atoms with van der Waals surface area (Å²) >= 11 is 0. The van der Waals surface area contributed by atoms with E-state index >= 15 is 0 Å². The zero-order valence-corrected chi connectivity index (χ0v) is 9.09. The van der Waals surface area contributed by atoms with Crippen LogP contribution in [0.2, 0.25) is 0 Å². The number of aliphatic hydroxyl groups excluding tert-OH is 1. The number of nitrogens with one attached hydrogen (secondary N) is 1. The lowest BCUT2D eigenvalue weighted by atomic mass is 10.3. The van der Waals surface area contributed by atoms with Gasteiger partial charge in [0.2, 0.25) is 0 Å². The number of carbonyl (C=O) groups excluding carboxylic acids is 1. The Morgan fingerprint density at radius 1 is 1.44 bits per heavy atom. The van der Waals surface area contributed by atoms with Crippen LogP contribution in [0.3, 0.4) is 0 Å². The fourth-order valence-corrected chi connectivity index (χ4v) is 1.85. The third-order valence-electron chi connectivity index (χ3n) is 2.78. The standard InChI is InChI=1S/C10H16N4O2/c15-8-7-13-3-5-14(6-4-13)10(16)9-11-1-2-12-9/h1-2,15H,3-8H2,(H,11,12). The van der Waals surface area contributed by atoms with Crippen molar-refractivity contribution < 1.29 is 9.90 Å². The summed E-state index contributed by atoms with van der Waals surface area (Å²) in [4.78, 5) is 22.6. The number of aromatic amines is 1. The molecule has 1 aromatic rings. The number of H-pyrrole nitrogens is 1. The zero-order chi connectivity index (χ0) is 11.4. The first kappa shape index (κ1) is 11.1. The second-order valence-electron chi connectivity index (χ2n) is 3.80. The van der Waals surface area contributed by atoms with Gasteiger partial charge in [-0.15, -0.1) is 0 Å². The fraction of sp³-hybridized carbons (Fsp3) is 0.600. The van der Waals surface area contributed by atoms with Crippen LogP contribution < -0.4 is 0 Å². The minimum absolute atomic E-state index is 0.0475. The monoisotopic (exact) mass is 224 g/mol. The van der Waals surface area contributed by atoms with Gasteiger partial charge in [0.25, 0.3) is 5.91 Å².